The van der Waals surface area contributed by atoms with Gasteiger partial charge in [0, 0.05) is 17.1 Å². The normalized spacial score (nSPS) is 14.1. The summed E-state index contributed by atoms with van der Waals surface area (Å²) in [6.07, 6.45) is -2.83. The van der Waals surface area contributed by atoms with E-state index in [0.29, 0.717) is 11.3 Å². The van der Waals surface area contributed by atoms with Crippen molar-refractivity contribution < 1.29 is 24.5 Å². The highest BCUT2D eigenvalue weighted by molar-refractivity contribution is 6.30. The third kappa shape index (κ3) is 5.63. The zero-order chi connectivity index (χ0) is 16.9. The first-order chi connectivity index (χ1) is 10.1. The number of nitrogens with one attached hydrogen (secondary N) is 1. The first-order valence-corrected chi connectivity index (χ1v) is 7.09. The number of amides is 1. The molecule has 2 unspecified atom stereocenters. The molecule has 1 aromatic rings. The second-order valence-corrected chi connectivity index (χ2v) is 6.22. The molecule has 1 amide bonds. The molecule has 0 fully saturated rings. The van der Waals surface area contributed by atoms with Gasteiger partial charge in [-0.3, -0.25) is 4.79 Å². The molecule has 2 atom stereocenters. The Balaban J connectivity index is 2.70. The Kier molecular flexibility index (Phi) is 6.34. The average molecular weight is 330 g/mol. The minimum absolute atomic E-state index is 0.195. The Labute approximate surface area is 134 Å². The minimum Gasteiger partial charge on any atom is -0.444 e. The van der Waals surface area contributed by atoms with Crippen molar-refractivity contribution in [1.29, 1.82) is 0 Å². The summed E-state index contributed by atoms with van der Waals surface area (Å²) in [5.41, 5.74) is -0.250. The molecule has 0 saturated carbocycles. The molecule has 0 aliphatic rings. The van der Waals surface area contributed by atoms with Crippen molar-refractivity contribution in [2.75, 3.05) is 6.54 Å². The first kappa shape index (κ1) is 18.4. The molecule has 0 radical (unpaired) electrons. The molecule has 22 heavy (non-hydrogen) atoms. The summed E-state index contributed by atoms with van der Waals surface area (Å²) in [5.74, 6) is 0. The fourth-order valence-electron chi connectivity index (χ4n) is 1.73. The van der Waals surface area contributed by atoms with Gasteiger partial charge < -0.3 is 20.3 Å². The minimum atomic E-state index is -1.37. The summed E-state index contributed by atoms with van der Waals surface area (Å²) in [6, 6.07) is 4.35. The molecule has 3 N–H and O–H groups in total. The second kappa shape index (κ2) is 7.58. The number of aldehydes is 1. The molecule has 1 aromatic carbocycles. The summed E-state index contributed by atoms with van der Waals surface area (Å²) in [5, 5.41) is 22.7. The van der Waals surface area contributed by atoms with Crippen LogP contribution < -0.4 is 5.32 Å². The zero-order valence-electron chi connectivity index (χ0n) is 12.7. The van der Waals surface area contributed by atoms with Crippen molar-refractivity contribution in [3.05, 3.63) is 34.3 Å². The van der Waals surface area contributed by atoms with Gasteiger partial charge in [0.1, 0.15) is 24.1 Å². The molecular formula is C15H20ClNO5. The molecule has 6 nitrogen and oxygen atoms in total. The number of benzene rings is 1. The highest BCUT2D eigenvalue weighted by atomic mass is 35.5. The second-order valence-electron chi connectivity index (χ2n) is 5.79. The van der Waals surface area contributed by atoms with Crippen LogP contribution in [0.1, 0.15) is 42.8 Å². The van der Waals surface area contributed by atoms with E-state index in [1.165, 1.54) is 18.2 Å². The van der Waals surface area contributed by atoms with E-state index in [1.54, 1.807) is 20.8 Å². The molecule has 122 valence electrons. The van der Waals surface area contributed by atoms with Gasteiger partial charge in [-0.15, -0.1) is 0 Å². The van der Waals surface area contributed by atoms with E-state index < -0.39 is 23.9 Å². The lowest BCUT2D eigenvalue weighted by atomic mass is 9.99. The topological polar surface area (TPSA) is 95.9 Å². The Morgan fingerprint density at radius 1 is 1.41 bits per heavy atom. The van der Waals surface area contributed by atoms with Crippen LogP contribution in [0.2, 0.25) is 5.02 Å². The molecule has 1 rings (SSSR count). The Hall–Kier alpha value is -1.63. The number of carbonyl (C=O) groups is 2. The Morgan fingerprint density at radius 2 is 2.05 bits per heavy atom. The molecule has 0 heterocycles. The highest BCUT2D eigenvalue weighted by Crippen LogP contribution is 2.24. The quantitative estimate of drug-likeness (QED) is 0.719. The number of hydrogen-bond acceptors (Lipinski definition) is 5. The van der Waals surface area contributed by atoms with Crippen LogP contribution in [0.5, 0.6) is 0 Å². The Bertz CT molecular complexity index is 541. The van der Waals surface area contributed by atoms with Crippen LogP contribution in [0.15, 0.2) is 18.2 Å². The van der Waals surface area contributed by atoms with Gasteiger partial charge in [-0.2, -0.15) is 0 Å². The predicted molar refractivity (Wildman–Crippen MR) is 82.0 cm³/mol. The van der Waals surface area contributed by atoms with Gasteiger partial charge in [0.2, 0.25) is 0 Å². The summed E-state index contributed by atoms with van der Waals surface area (Å²) in [6.45, 7) is 4.89. The van der Waals surface area contributed by atoms with E-state index in [4.69, 9.17) is 16.3 Å². The van der Waals surface area contributed by atoms with Gasteiger partial charge in [0.25, 0.3) is 0 Å². The van der Waals surface area contributed by atoms with Crippen LogP contribution in [-0.2, 0) is 4.74 Å². The van der Waals surface area contributed by atoms with Crippen molar-refractivity contribution in [3.8, 4) is 0 Å². The van der Waals surface area contributed by atoms with Crippen LogP contribution in [0, 0.1) is 0 Å². The lowest BCUT2D eigenvalue weighted by Crippen LogP contribution is -2.39. The van der Waals surface area contributed by atoms with E-state index in [-0.39, 0.29) is 17.7 Å². The van der Waals surface area contributed by atoms with Crippen LogP contribution in [0.25, 0.3) is 0 Å². The lowest BCUT2D eigenvalue weighted by molar-refractivity contribution is 0.0126. The van der Waals surface area contributed by atoms with E-state index in [9.17, 15) is 19.8 Å². The van der Waals surface area contributed by atoms with Gasteiger partial charge >= 0.3 is 6.09 Å². The van der Waals surface area contributed by atoms with Crippen molar-refractivity contribution >= 4 is 24.0 Å². The largest absolute Gasteiger partial charge is 0.444 e. The molecule has 0 aliphatic carbocycles. The maximum atomic E-state index is 11.5. The average Bonchev–Trinajstić information content (AvgIpc) is 2.42. The first-order valence-electron chi connectivity index (χ1n) is 6.71. The third-order valence-corrected chi connectivity index (χ3v) is 2.95. The highest BCUT2D eigenvalue weighted by Gasteiger charge is 2.23. The van der Waals surface area contributed by atoms with Gasteiger partial charge in [-0.25, -0.2) is 4.79 Å². The van der Waals surface area contributed by atoms with E-state index in [0.717, 1.165) is 0 Å². The van der Waals surface area contributed by atoms with Crippen molar-refractivity contribution in [2.45, 2.75) is 38.6 Å². The molecule has 0 aliphatic heterocycles. The molecule has 7 heteroatoms. The molecule has 0 spiro atoms. The maximum Gasteiger partial charge on any atom is 0.407 e. The lowest BCUT2D eigenvalue weighted by Gasteiger charge is -2.22. The summed E-state index contributed by atoms with van der Waals surface area (Å²) in [4.78, 5) is 22.5. The smallest absolute Gasteiger partial charge is 0.407 e. The van der Waals surface area contributed by atoms with E-state index >= 15 is 0 Å². The van der Waals surface area contributed by atoms with E-state index in [2.05, 4.69) is 5.32 Å². The van der Waals surface area contributed by atoms with Crippen LogP contribution >= 0.6 is 11.6 Å². The molecular weight excluding hydrogens is 310 g/mol. The number of rotatable bonds is 5. The van der Waals surface area contributed by atoms with Gasteiger partial charge in [0.05, 0.1) is 0 Å². The number of hydrogen-bond donors (Lipinski definition) is 3. The van der Waals surface area contributed by atoms with Gasteiger partial charge in [0.15, 0.2) is 0 Å². The summed E-state index contributed by atoms with van der Waals surface area (Å²) >= 11 is 5.82. The fourth-order valence-corrected chi connectivity index (χ4v) is 1.91. The third-order valence-electron chi connectivity index (χ3n) is 2.71. The number of alkyl carbamates (subject to hydrolysis) is 1. The molecule has 0 aromatic heterocycles. The van der Waals surface area contributed by atoms with Crippen LogP contribution in [0.4, 0.5) is 4.79 Å². The van der Waals surface area contributed by atoms with Crippen LogP contribution in [-0.4, -0.2) is 40.8 Å². The molecule has 0 saturated heterocycles. The number of halogens is 1. The maximum absolute atomic E-state index is 11.5. The van der Waals surface area contributed by atoms with Crippen molar-refractivity contribution in [3.63, 3.8) is 0 Å². The number of carbonyl (C=O) groups excluding carboxylic acids is 2. The SMILES string of the molecule is CC(C)(C)OC(=O)NCC(O)C(O)c1cc(Cl)ccc1C=O. The zero-order valence-corrected chi connectivity index (χ0v) is 13.4. The monoisotopic (exact) mass is 329 g/mol. The number of aliphatic hydroxyl groups excluding tert-OH is 2. The fraction of sp³-hybridized carbons (Fsp3) is 0.467. The Morgan fingerprint density at radius 3 is 2.59 bits per heavy atom. The summed E-state index contributed by atoms with van der Waals surface area (Å²) in [7, 11) is 0. The van der Waals surface area contributed by atoms with Crippen LogP contribution in [0.3, 0.4) is 0 Å². The van der Waals surface area contributed by atoms with E-state index in [1.807, 2.05) is 0 Å². The van der Waals surface area contributed by atoms with Gasteiger partial charge in [-0.1, -0.05) is 11.6 Å². The standard InChI is InChI=1S/C15H20ClNO5/c1-15(2,3)22-14(21)17-7-12(19)13(20)11-6-10(16)5-4-9(11)8-18/h4-6,8,12-13,19-20H,7H2,1-3H3,(H,17,21). The van der Waals surface area contributed by atoms with Crippen molar-refractivity contribution in [2.24, 2.45) is 0 Å². The number of aliphatic hydroxyl groups is 2. The van der Waals surface area contributed by atoms with Crippen molar-refractivity contribution in [1.82, 2.24) is 5.32 Å². The predicted octanol–water partition coefficient (Wildman–Crippen LogP) is 2.07. The summed E-state index contributed by atoms with van der Waals surface area (Å²) < 4.78 is 5.02. The molecule has 0 bridgehead atoms. The van der Waals surface area contributed by atoms with Gasteiger partial charge in [-0.05, 0) is 44.5 Å². The number of ether oxygens (including phenoxy) is 1.